The zero-order valence-electron chi connectivity index (χ0n) is 14.3. The Morgan fingerprint density at radius 2 is 1.79 bits per heavy atom. The zero-order chi connectivity index (χ0) is 17.6. The van der Waals surface area contributed by atoms with Crippen molar-refractivity contribution in [3.8, 4) is 6.07 Å². The summed E-state index contributed by atoms with van der Waals surface area (Å²) >= 11 is 3.42. The van der Waals surface area contributed by atoms with Gasteiger partial charge in [0.05, 0.1) is 15.8 Å². The number of quaternary nitrogens is 1. The average molecular weight is 363 g/mol. The molecule has 0 saturated heterocycles. The number of hydrogen-bond acceptors (Lipinski definition) is 4. The van der Waals surface area contributed by atoms with E-state index in [-0.39, 0.29) is 11.8 Å². The maximum atomic E-state index is 12.5. The Balaban J connectivity index is 2.04. The highest BCUT2D eigenvalue weighted by Crippen LogP contribution is 2.14. The van der Waals surface area contributed by atoms with Crippen molar-refractivity contribution in [3.05, 3.63) is 44.8 Å². The maximum absolute atomic E-state index is 12.5. The second kappa shape index (κ2) is 8.43. The van der Waals surface area contributed by atoms with Crippen LogP contribution in [0, 0.1) is 17.2 Å². The van der Waals surface area contributed by atoms with Crippen molar-refractivity contribution in [1.29, 1.82) is 5.26 Å². The number of rotatable bonds is 8. The Bertz CT molecular complexity index is 637. The quantitative estimate of drug-likeness (QED) is 0.758. The van der Waals surface area contributed by atoms with Gasteiger partial charge >= 0.3 is 0 Å². The summed E-state index contributed by atoms with van der Waals surface area (Å²) in [6.07, 6.45) is 0. The number of amides is 1. The summed E-state index contributed by atoms with van der Waals surface area (Å²) in [4.78, 5) is 16.2. The van der Waals surface area contributed by atoms with Crippen molar-refractivity contribution in [2.45, 2.75) is 39.4 Å². The number of carbonyl (C=O) groups is 1. The summed E-state index contributed by atoms with van der Waals surface area (Å²) in [6, 6.07) is 10.5. The highest BCUT2D eigenvalue weighted by molar-refractivity contribution is 7.10. The van der Waals surface area contributed by atoms with Gasteiger partial charge in [0.25, 0.3) is 5.91 Å². The molecule has 0 aliphatic carbocycles. The predicted molar refractivity (Wildman–Crippen MR) is 98.9 cm³/mol. The van der Waals surface area contributed by atoms with Crippen LogP contribution in [-0.4, -0.2) is 18.0 Å². The number of nitrogens with one attached hydrogen (secondary N) is 2. The third kappa shape index (κ3) is 5.17. The van der Waals surface area contributed by atoms with E-state index >= 15 is 0 Å². The van der Waals surface area contributed by atoms with Crippen LogP contribution >= 0.6 is 22.7 Å². The van der Waals surface area contributed by atoms with E-state index in [0.29, 0.717) is 6.54 Å². The lowest BCUT2D eigenvalue weighted by molar-refractivity contribution is -0.919. The predicted octanol–water partition coefficient (Wildman–Crippen LogP) is 2.45. The fourth-order valence-electron chi connectivity index (χ4n) is 2.37. The number of thiophene rings is 2. The average Bonchev–Trinajstić information content (AvgIpc) is 3.20. The van der Waals surface area contributed by atoms with E-state index in [4.69, 9.17) is 0 Å². The summed E-state index contributed by atoms with van der Waals surface area (Å²) in [6.45, 7) is 7.67. The Hall–Kier alpha value is -1.68. The van der Waals surface area contributed by atoms with Crippen molar-refractivity contribution in [3.63, 3.8) is 0 Å². The molecule has 4 nitrogen and oxygen atoms in total. The van der Waals surface area contributed by atoms with Crippen molar-refractivity contribution in [2.24, 2.45) is 5.92 Å². The first-order valence-electron chi connectivity index (χ1n) is 8.03. The molecule has 0 fully saturated rings. The van der Waals surface area contributed by atoms with Crippen LogP contribution in [0.25, 0.3) is 0 Å². The van der Waals surface area contributed by atoms with E-state index in [2.05, 4.69) is 34.3 Å². The Morgan fingerprint density at radius 1 is 1.25 bits per heavy atom. The Labute approximate surface area is 151 Å². The van der Waals surface area contributed by atoms with Crippen LogP contribution in [-0.2, 0) is 17.9 Å². The fraction of sp³-hybridized carbons (Fsp3) is 0.444. The monoisotopic (exact) mass is 362 g/mol. The number of hydrogen-bond donors (Lipinski definition) is 2. The van der Waals surface area contributed by atoms with Gasteiger partial charge in [0.2, 0.25) is 0 Å². The molecule has 0 aliphatic heterocycles. The van der Waals surface area contributed by atoms with Gasteiger partial charge in [-0.15, -0.1) is 22.7 Å². The van der Waals surface area contributed by atoms with Crippen LogP contribution in [0.1, 0.15) is 30.5 Å². The smallest absolute Gasteiger partial charge is 0.276 e. The molecule has 0 saturated carbocycles. The first-order valence-corrected chi connectivity index (χ1v) is 9.79. The minimum Gasteiger partial charge on any atom is -0.333 e. The minimum absolute atomic E-state index is 0.0597. The largest absolute Gasteiger partial charge is 0.333 e. The molecule has 0 bridgehead atoms. The van der Waals surface area contributed by atoms with Crippen LogP contribution in [0.3, 0.4) is 0 Å². The normalized spacial score (nSPS) is 13.7. The highest BCUT2D eigenvalue weighted by Gasteiger charge is 2.31. The van der Waals surface area contributed by atoms with E-state index in [1.165, 1.54) is 14.7 Å². The van der Waals surface area contributed by atoms with Crippen LogP contribution < -0.4 is 10.2 Å². The van der Waals surface area contributed by atoms with Crippen molar-refractivity contribution in [2.75, 3.05) is 6.54 Å². The summed E-state index contributed by atoms with van der Waals surface area (Å²) in [5.41, 5.74) is -0.825. The molecule has 2 rings (SSSR count). The number of carbonyl (C=O) groups excluding carboxylic acids is 1. The molecule has 0 unspecified atom stereocenters. The maximum Gasteiger partial charge on any atom is 0.276 e. The topological polar surface area (TPSA) is 57.3 Å². The molecule has 2 N–H and O–H groups in total. The van der Waals surface area contributed by atoms with E-state index in [1.54, 1.807) is 29.6 Å². The van der Waals surface area contributed by atoms with Gasteiger partial charge in [0, 0.05) is 0 Å². The van der Waals surface area contributed by atoms with E-state index in [0.717, 1.165) is 13.1 Å². The lowest BCUT2D eigenvalue weighted by Crippen LogP contribution is -3.10. The second-order valence-corrected chi connectivity index (χ2v) is 8.52. The summed E-state index contributed by atoms with van der Waals surface area (Å²) < 4.78 is 0. The van der Waals surface area contributed by atoms with Gasteiger partial charge in [-0.1, -0.05) is 26.0 Å². The van der Waals surface area contributed by atoms with Crippen molar-refractivity contribution < 1.29 is 9.69 Å². The molecule has 0 aliphatic rings. The van der Waals surface area contributed by atoms with Crippen LogP contribution in [0.2, 0.25) is 0 Å². The van der Waals surface area contributed by atoms with Gasteiger partial charge in [0.1, 0.15) is 18.6 Å². The number of nitriles is 1. The molecule has 2 aromatic heterocycles. The van der Waals surface area contributed by atoms with Gasteiger partial charge in [-0.2, -0.15) is 5.26 Å². The zero-order valence-corrected chi connectivity index (χ0v) is 16.0. The molecule has 1 atom stereocenters. The summed E-state index contributed by atoms with van der Waals surface area (Å²) in [7, 11) is 0. The second-order valence-electron chi connectivity index (χ2n) is 6.46. The molecule has 2 heterocycles. The first kappa shape index (κ1) is 18.7. The molecule has 24 heavy (non-hydrogen) atoms. The summed E-state index contributed by atoms with van der Waals surface area (Å²) in [5, 5.41) is 16.4. The van der Waals surface area contributed by atoms with Gasteiger partial charge < -0.3 is 10.2 Å². The lowest BCUT2D eigenvalue weighted by atomic mass is 9.90. The van der Waals surface area contributed by atoms with Gasteiger partial charge in [0.15, 0.2) is 6.54 Å². The molecular formula is C18H24N3OS2+. The Kier molecular flexibility index (Phi) is 6.55. The molecule has 1 amide bonds. The van der Waals surface area contributed by atoms with Crippen LogP contribution in [0.15, 0.2) is 35.0 Å². The molecule has 2 aromatic rings. The molecule has 0 spiro atoms. The van der Waals surface area contributed by atoms with E-state index in [1.807, 2.05) is 26.0 Å². The highest BCUT2D eigenvalue weighted by atomic mass is 32.1. The van der Waals surface area contributed by atoms with Gasteiger partial charge in [-0.3, -0.25) is 4.79 Å². The molecule has 0 aromatic carbocycles. The molecule has 6 heteroatoms. The lowest BCUT2D eigenvalue weighted by Gasteiger charge is -2.28. The summed E-state index contributed by atoms with van der Waals surface area (Å²) in [5.74, 6) is -0.0136. The third-order valence-corrected chi connectivity index (χ3v) is 5.96. The third-order valence-electron chi connectivity index (χ3n) is 4.21. The molecule has 0 radical (unpaired) electrons. The fourth-order valence-corrected chi connectivity index (χ4v) is 3.92. The van der Waals surface area contributed by atoms with Crippen LogP contribution in [0.5, 0.6) is 0 Å². The van der Waals surface area contributed by atoms with Crippen LogP contribution in [0.4, 0.5) is 0 Å². The minimum atomic E-state index is -0.825. The van der Waals surface area contributed by atoms with Crippen molar-refractivity contribution >= 4 is 28.6 Å². The van der Waals surface area contributed by atoms with Gasteiger partial charge in [-0.05, 0) is 35.7 Å². The first-order chi connectivity index (χ1) is 11.4. The van der Waals surface area contributed by atoms with Gasteiger partial charge in [-0.25, -0.2) is 0 Å². The van der Waals surface area contributed by atoms with E-state index in [9.17, 15) is 10.1 Å². The number of nitrogens with zero attached hydrogens (tertiary/aromatic N) is 1. The standard InChI is InChI=1S/C18H23N3OS2/c1-14(2)18(3,13-19)20-17(22)12-21(10-15-6-4-8-23-15)11-16-7-5-9-24-16/h4-9,14H,10-12H2,1-3H3,(H,20,22)/p+1/t18-/m1/s1. The molecule has 128 valence electrons. The molecular weight excluding hydrogens is 338 g/mol. The van der Waals surface area contributed by atoms with E-state index < -0.39 is 5.54 Å². The van der Waals surface area contributed by atoms with Crippen molar-refractivity contribution in [1.82, 2.24) is 5.32 Å². The Morgan fingerprint density at radius 3 is 2.17 bits per heavy atom. The SMILES string of the molecule is CC(C)[C@@](C)(C#N)NC(=O)C[NH+](Cc1cccs1)Cc1cccs1.